The Balaban J connectivity index is 1.98. The van der Waals surface area contributed by atoms with Gasteiger partial charge in [-0.1, -0.05) is 36.8 Å². The number of rotatable bonds is 7. The van der Waals surface area contributed by atoms with Gasteiger partial charge in [0.2, 0.25) is 11.8 Å². The zero-order chi connectivity index (χ0) is 18.2. The third-order valence-electron chi connectivity index (χ3n) is 4.81. The minimum absolute atomic E-state index is 0.0756. The number of carbonyl (C=O) groups excluding carboxylic acids is 2. The molecule has 2 rings (SSSR count). The first-order chi connectivity index (χ1) is 12.0. The molecule has 1 aliphatic carbocycles. The molecule has 0 saturated heterocycles. The molecule has 1 aromatic rings. The van der Waals surface area contributed by atoms with Gasteiger partial charge in [0.15, 0.2) is 0 Å². The quantitative estimate of drug-likeness (QED) is 0.764. The van der Waals surface area contributed by atoms with Crippen molar-refractivity contribution >= 4 is 17.5 Å². The third-order valence-corrected chi connectivity index (χ3v) is 4.81. The van der Waals surface area contributed by atoms with Crippen LogP contribution in [0.2, 0.25) is 0 Å². The van der Waals surface area contributed by atoms with E-state index in [9.17, 15) is 9.59 Å². The molecule has 0 spiro atoms. The summed E-state index contributed by atoms with van der Waals surface area (Å²) < 4.78 is 0. The lowest BCUT2D eigenvalue weighted by Crippen LogP contribution is -2.41. The molecule has 0 bridgehead atoms. The number of anilines is 1. The maximum Gasteiger partial charge on any atom is 0.240 e. The van der Waals surface area contributed by atoms with Crippen LogP contribution in [-0.4, -0.2) is 24.9 Å². The Morgan fingerprint density at radius 2 is 2.04 bits per heavy atom. The summed E-state index contributed by atoms with van der Waals surface area (Å²) in [6, 6.07) is 6.00. The number of hydrogen-bond donors (Lipinski definition) is 1. The number of benzene rings is 1. The lowest BCUT2D eigenvalue weighted by Gasteiger charge is -2.25. The number of nitrogens with one attached hydrogen (secondary N) is 1. The summed E-state index contributed by atoms with van der Waals surface area (Å²) in [5.74, 6) is -0.203. The van der Waals surface area contributed by atoms with Crippen LogP contribution in [0, 0.1) is 6.92 Å². The number of nitrogens with zero attached hydrogens (tertiary/aromatic N) is 1. The number of carbonyl (C=O) groups is 2. The molecule has 0 radical (unpaired) electrons. The van der Waals surface area contributed by atoms with Crippen molar-refractivity contribution in [3.8, 4) is 0 Å². The Morgan fingerprint density at radius 3 is 2.68 bits per heavy atom. The number of hydrogen-bond acceptors (Lipinski definition) is 2. The van der Waals surface area contributed by atoms with Gasteiger partial charge in [-0.15, -0.1) is 0 Å². The van der Waals surface area contributed by atoms with Crippen molar-refractivity contribution in [1.82, 2.24) is 5.32 Å². The van der Waals surface area contributed by atoms with Gasteiger partial charge in [0.05, 0.1) is 5.69 Å². The van der Waals surface area contributed by atoms with Crippen molar-refractivity contribution in [1.29, 1.82) is 0 Å². The Hall–Kier alpha value is -2.10. The van der Waals surface area contributed by atoms with E-state index in [0.717, 1.165) is 42.5 Å². The van der Waals surface area contributed by atoms with Gasteiger partial charge in [-0.3, -0.25) is 9.59 Å². The van der Waals surface area contributed by atoms with E-state index in [2.05, 4.69) is 18.3 Å². The molecule has 0 aliphatic heterocycles. The highest BCUT2D eigenvalue weighted by molar-refractivity contribution is 5.98. The van der Waals surface area contributed by atoms with Crippen molar-refractivity contribution in [3.05, 3.63) is 41.0 Å². The van der Waals surface area contributed by atoms with Crippen LogP contribution >= 0.6 is 0 Å². The monoisotopic (exact) mass is 342 g/mol. The summed E-state index contributed by atoms with van der Waals surface area (Å²) in [4.78, 5) is 26.1. The fraction of sp³-hybridized carbons (Fsp3) is 0.524. The molecule has 2 amide bonds. The van der Waals surface area contributed by atoms with Gasteiger partial charge in [0, 0.05) is 13.5 Å². The lowest BCUT2D eigenvalue weighted by molar-refractivity contribution is -0.123. The van der Waals surface area contributed by atoms with Gasteiger partial charge < -0.3 is 10.2 Å². The zero-order valence-electron chi connectivity index (χ0n) is 15.7. The highest BCUT2D eigenvalue weighted by Crippen LogP contribution is 2.26. The molecule has 0 atom stereocenters. The van der Waals surface area contributed by atoms with E-state index in [4.69, 9.17) is 0 Å². The van der Waals surface area contributed by atoms with Crippen molar-refractivity contribution in [2.45, 2.75) is 59.3 Å². The Bertz CT molecular complexity index is 649. The molecule has 1 aromatic carbocycles. The fourth-order valence-corrected chi connectivity index (χ4v) is 3.43. The standard InChI is InChI=1S/C21H30N2O2/c1-4-19-12-8-9-16(2)21(19)23(17(3)24)15-20(25)22-14-13-18-10-6-5-7-11-18/h8-10,12H,4-7,11,13-15H2,1-3H3,(H,22,25). The normalized spacial score (nSPS) is 14.0. The summed E-state index contributed by atoms with van der Waals surface area (Å²) in [6.45, 7) is 6.29. The first-order valence-electron chi connectivity index (χ1n) is 9.34. The molecule has 1 N–H and O–H groups in total. The second-order valence-corrected chi connectivity index (χ2v) is 6.75. The average Bonchev–Trinajstić information content (AvgIpc) is 2.60. The van der Waals surface area contributed by atoms with Crippen LogP contribution in [0.1, 0.15) is 57.1 Å². The molecule has 4 heteroatoms. The Labute approximate surface area is 151 Å². The number of allylic oxidation sites excluding steroid dienone is 1. The minimum atomic E-state index is -0.103. The molecule has 0 saturated carbocycles. The summed E-state index contributed by atoms with van der Waals surface area (Å²) in [7, 11) is 0. The van der Waals surface area contributed by atoms with Gasteiger partial charge in [-0.05, 0) is 56.6 Å². The molecule has 0 aromatic heterocycles. The zero-order valence-corrected chi connectivity index (χ0v) is 15.7. The first-order valence-corrected chi connectivity index (χ1v) is 9.34. The summed E-state index contributed by atoms with van der Waals surface area (Å²) in [5, 5.41) is 2.97. The number of amides is 2. The summed E-state index contributed by atoms with van der Waals surface area (Å²) in [5.41, 5.74) is 4.44. The predicted octanol–water partition coefficient (Wildman–Crippen LogP) is 3.92. The molecule has 0 heterocycles. The van der Waals surface area contributed by atoms with E-state index in [1.807, 2.05) is 25.1 Å². The molecule has 4 nitrogen and oxygen atoms in total. The van der Waals surface area contributed by atoms with Crippen LogP contribution in [0.4, 0.5) is 5.69 Å². The molecule has 0 unspecified atom stereocenters. The van der Waals surface area contributed by atoms with Crippen molar-refractivity contribution in [3.63, 3.8) is 0 Å². The Kier molecular flexibility index (Phi) is 7.23. The molecular weight excluding hydrogens is 312 g/mol. The van der Waals surface area contributed by atoms with Crippen LogP contribution in [-0.2, 0) is 16.0 Å². The van der Waals surface area contributed by atoms with Crippen molar-refractivity contribution in [2.75, 3.05) is 18.0 Å². The summed E-state index contributed by atoms with van der Waals surface area (Å²) >= 11 is 0. The van der Waals surface area contributed by atoms with Crippen LogP contribution in [0.25, 0.3) is 0 Å². The molecule has 25 heavy (non-hydrogen) atoms. The molecule has 136 valence electrons. The second-order valence-electron chi connectivity index (χ2n) is 6.75. The minimum Gasteiger partial charge on any atom is -0.354 e. The first kappa shape index (κ1) is 19.2. The maximum atomic E-state index is 12.4. The third kappa shape index (κ3) is 5.45. The number of para-hydroxylation sites is 1. The Morgan fingerprint density at radius 1 is 1.24 bits per heavy atom. The van der Waals surface area contributed by atoms with Crippen LogP contribution in [0.3, 0.4) is 0 Å². The molecule has 1 aliphatic rings. The van der Waals surface area contributed by atoms with Crippen LogP contribution in [0.5, 0.6) is 0 Å². The maximum absolute atomic E-state index is 12.4. The topological polar surface area (TPSA) is 49.4 Å². The highest BCUT2D eigenvalue weighted by Gasteiger charge is 2.20. The SMILES string of the molecule is CCc1cccc(C)c1N(CC(=O)NCCC1=CCCCC1)C(C)=O. The lowest BCUT2D eigenvalue weighted by atomic mass is 9.97. The second kappa shape index (κ2) is 9.40. The van der Waals surface area contributed by atoms with E-state index >= 15 is 0 Å². The molecule has 0 fully saturated rings. The van der Waals surface area contributed by atoms with Gasteiger partial charge in [0.25, 0.3) is 0 Å². The van der Waals surface area contributed by atoms with E-state index < -0.39 is 0 Å². The van der Waals surface area contributed by atoms with Crippen molar-refractivity contribution in [2.24, 2.45) is 0 Å². The fourth-order valence-electron chi connectivity index (χ4n) is 3.43. The highest BCUT2D eigenvalue weighted by atomic mass is 16.2. The van der Waals surface area contributed by atoms with Gasteiger partial charge in [-0.25, -0.2) is 0 Å². The largest absolute Gasteiger partial charge is 0.354 e. The van der Waals surface area contributed by atoms with Gasteiger partial charge >= 0.3 is 0 Å². The predicted molar refractivity (Wildman–Crippen MR) is 103 cm³/mol. The van der Waals surface area contributed by atoms with E-state index in [-0.39, 0.29) is 18.4 Å². The van der Waals surface area contributed by atoms with Gasteiger partial charge in [0.1, 0.15) is 6.54 Å². The van der Waals surface area contributed by atoms with E-state index in [1.54, 1.807) is 4.90 Å². The van der Waals surface area contributed by atoms with Crippen LogP contribution < -0.4 is 10.2 Å². The molecular formula is C21H30N2O2. The summed E-state index contributed by atoms with van der Waals surface area (Å²) in [6.07, 6.45) is 8.89. The average molecular weight is 342 g/mol. The number of aryl methyl sites for hydroxylation is 2. The van der Waals surface area contributed by atoms with Crippen LogP contribution in [0.15, 0.2) is 29.8 Å². The smallest absolute Gasteiger partial charge is 0.240 e. The van der Waals surface area contributed by atoms with E-state index in [1.165, 1.54) is 25.3 Å². The van der Waals surface area contributed by atoms with Crippen molar-refractivity contribution < 1.29 is 9.59 Å². The van der Waals surface area contributed by atoms with E-state index in [0.29, 0.717) is 6.54 Å². The van der Waals surface area contributed by atoms with Gasteiger partial charge in [-0.2, -0.15) is 0 Å².